The van der Waals surface area contributed by atoms with Gasteiger partial charge in [0.25, 0.3) is 5.91 Å². The second-order valence-corrected chi connectivity index (χ2v) is 8.62. The smallest absolute Gasteiger partial charge is 0.257 e. The number of hydrogen-bond donors (Lipinski definition) is 1. The summed E-state index contributed by atoms with van der Waals surface area (Å²) in [6.07, 6.45) is 0. The highest BCUT2D eigenvalue weighted by Crippen LogP contribution is 2.26. The molecule has 0 bridgehead atoms. The van der Waals surface area contributed by atoms with Crippen molar-refractivity contribution >= 4 is 27.5 Å². The summed E-state index contributed by atoms with van der Waals surface area (Å²) in [5.74, 6) is 0.200. The van der Waals surface area contributed by atoms with Gasteiger partial charge in [-0.1, -0.05) is 11.6 Å². The predicted molar refractivity (Wildman–Crippen MR) is 101 cm³/mol. The summed E-state index contributed by atoms with van der Waals surface area (Å²) in [5, 5.41) is 7.10. The molecule has 0 aliphatic carbocycles. The molecule has 1 aromatic carbocycles. The van der Waals surface area contributed by atoms with Crippen molar-refractivity contribution in [3.63, 3.8) is 0 Å². The number of nitrogens with one attached hydrogen (secondary N) is 1. The maximum absolute atomic E-state index is 12.9. The van der Waals surface area contributed by atoms with Gasteiger partial charge < -0.3 is 9.64 Å². The topological polar surface area (TPSA) is 95.6 Å². The van der Waals surface area contributed by atoms with Gasteiger partial charge in [0.05, 0.1) is 24.1 Å². The molecule has 1 aromatic heterocycles. The van der Waals surface area contributed by atoms with E-state index in [1.165, 1.54) is 11.4 Å². The van der Waals surface area contributed by atoms with Crippen molar-refractivity contribution < 1.29 is 17.9 Å². The van der Waals surface area contributed by atoms with Crippen molar-refractivity contribution in [1.29, 1.82) is 0 Å². The summed E-state index contributed by atoms with van der Waals surface area (Å²) in [6, 6.07) is 4.85. The fourth-order valence-corrected chi connectivity index (χ4v) is 5.12. The van der Waals surface area contributed by atoms with Crippen LogP contribution in [0.25, 0.3) is 0 Å². The van der Waals surface area contributed by atoms with Crippen molar-refractivity contribution in [1.82, 2.24) is 19.4 Å². The molecular weight excluding hydrogens is 392 g/mol. The molecule has 3 rings (SSSR count). The van der Waals surface area contributed by atoms with Gasteiger partial charge in [-0.25, -0.2) is 8.42 Å². The molecular formula is C17H21ClN4O4S. The fraction of sp³-hybridized carbons (Fsp3) is 0.412. The summed E-state index contributed by atoms with van der Waals surface area (Å²) >= 11 is 6.00. The Labute approximate surface area is 163 Å². The molecule has 0 spiro atoms. The average molecular weight is 413 g/mol. The number of benzene rings is 1. The lowest BCUT2D eigenvalue weighted by molar-refractivity contribution is 0.0694. The number of amides is 1. The van der Waals surface area contributed by atoms with Crippen molar-refractivity contribution in [3.05, 3.63) is 40.2 Å². The molecule has 2 heterocycles. The first-order valence-corrected chi connectivity index (χ1v) is 10.2. The number of hydrogen-bond acceptors (Lipinski definition) is 5. The SMILES string of the molecule is COc1ccc(Cl)cc1C(=O)N1CCN(S(=O)(=O)c2c(C)n[nH]c2C)CC1. The number of carbonyl (C=O) groups excluding carboxylic acids is 1. The minimum atomic E-state index is -3.66. The van der Waals surface area contributed by atoms with Gasteiger partial charge >= 0.3 is 0 Å². The highest BCUT2D eigenvalue weighted by Gasteiger charge is 2.34. The summed E-state index contributed by atoms with van der Waals surface area (Å²) < 4.78 is 32.4. The number of sulfonamides is 1. The lowest BCUT2D eigenvalue weighted by Crippen LogP contribution is -2.50. The molecule has 1 amide bonds. The van der Waals surface area contributed by atoms with E-state index in [-0.39, 0.29) is 37.0 Å². The lowest BCUT2D eigenvalue weighted by Gasteiger charge is -2.34. The van der Waals surface area contributed by atoms with Gasteiger partial charge in [0, 0.05) is 31.2 Å². The zero-order valence-electron chi connectivity index (χ0n) is 15.3. The molecule has 0 radical (unpaired) electrons. The van der Waals surface area contributed by atoms with E-state index < -0.39 is 10.0 Å². The van der Waals surface area contributed by atoms with Gasteiger partial charge in [-0.15, -0.1) is 0 Å². The number of aromatic nitrogens is 2. The number of H-pyrrole nitrogens is 1. The fourth-order valence-electron chi connectivity index (χ4n) is 3.20. The number of halogens is 1. The highest BCUT2D eigenvalue weighted by molar-refractivity contribution is 7.89. The van der Waals surface area contributed by atoms with Crippen LogP contribution in [0.5, 0.6) is 5.75 Å². The third-order valence-electron chi connectivity index (χ3n) is 4.58. The molecule has 1 aliphatic rings. The van der Waals surface area contributed by atoms with E-state index in [1.54, 1.807) is 36.9 Å². The Bertz CT molecular complexity index is 946. The Kier molecular flexibility index (Phi) is 5.45. The van der Waals surface area contributed by atoms with Crippen LogP contribution in [-0.2, 0) is 10.0 Å². The first-order chi connectivity index (χ1) is 12.8. The van der Waals surface area contributed by atoms with Gasteiger partial charge in [-0.3, -0.25) is 9.89 Å². The quantitative estimate of drug-likeness (QED) is 0.826. The molecule has 1 aliphatic heterocycles. The maximum Gasteiger partial charge on any atom is 0.257 e. The molecule has 27 heavy (non-hydrogen) atoms. The molecule has 2 aromatic rings. The molecule has 8 nitrogen and oxygen atoms in total. The van der Waals surface area contributed by atoms with Gasteiger partial charge in [-0.2, -0.15) is 9.40 Å². The molecule has 1 saturated heterocycles. The van der Waals surface area contributed by atoms with Gasteiger partial charge in [0.2, 0.25) is 10.0 Å². The minimum absolute atomic E-state index is 0.207. The highest BCUT2D eigenvalue weighted by atomic mass is 35.5. The van der Waals surface area contributed by atoms with Gasteiger partial charge in [0.1, 0.15) is 10.6 Å². The predicted octanol–water partition coefficient (Wildman–Crippen LogP) is 1.84. The van der Waals surface area contributed by atoms with Crippen molar-refractivity contribution in [2.45, 2.75) is 18.7 Å². The molecule has 0 saturated carbocycles. The first-order valence-electron chi connectivity index (χ1n) is 8.40. The van der Waals surface area contributed by atoms with E-state index >= 15 is 0 Å². The van der Waals surface area contributed by atoms with Crippen LogP contribution >= 0.6 is 11.6 Å². The second kappa shape index (κ2) is 7.49. The molecule has 1 fully saturated rings. The van der Waals surface area contributed by atoms with Crippen LogP contribution in [0.1, 0.15) is 21.7 Å². The van der Waals surface area contributed by atoms with E-state index in [1.807, 2.05) is 0 Å². The minimum Gasteiger partial charge on any atom is -0.496 e. The largest absolute Gasteiger partial charge is 0.496 e. The number of aromatic amines is 1. The lowest BCUT2D eigenvalue weighted by atomic mass is 10.1. The van der Waals surface area contributed by atoms with Crippen LogP contribution in [-0.4, -0.2) is 67.0 Å². The monoisotopic (exact) mass is 412 g/mol. The van der Waals surface area contributed by atoms with Crippen molar-refractivity contribution in [2.75, 3.05) is 33.3 Å². The third-order valence-corrected chi connectivity index (χ3v) is 6.97. The molecule has 1 N–H and O–H groups in total. The molecule has 146 valence electrons. The summed E-state index contributed by atoms with van der Waals surface area (Å²) in [6.45, 7) is 4.31. The van der Waals surface area contributed by atoms with Crippen LogP contribution in [0.3, 0.4) is 0 Å². The third kappa shape index (κ3) is 3.67. The second-order valence-electron chi connectivity index (χ2n) is 6.30. The number of carbonyl (C=O) groups is 1. The Balaban J connectivity index is 1.76. The van der Waals surface area contributed by atoms with Crippen LogP contribution in [0.4, 0.5) is 0 Å². The normalized spacial score (nSPS) is 15.8. The number of nitrogens with zero attached hydrogens (tertiary/aromatic N) is 3. The van der Waals surface area contributed by atoms with Crippen LogP contribution in [0.2, 0.25) is 5.02 Å². The summed E-state index contributed by atoms with van der Waals surface area (Å²) in [7, 11) is -2.17. The van der Waals surface area contributed by atoms with E-state index in [0.29, 0.717) is 27.7 Å². The van der Waals surface area contributed by atoms with E-state index in [9.17, 15) is 13.2 Å². The molecule has 10 heteroatoms. The Morgan fingerprint density at radius 2 is 1.89 bits per heavy atom. The molecule has 0 atom stereocenters. The van der Waals surface area contributed by atoms with Crippen molar-refractivity contribution in [2.24, 2.45) is 0 Å². The van der Waals surface area contributed by atoms with Gasteiger partial charge in [-0.05, 0) is 32.0 Å². The first kappa shape index (κ1) is 19.7. The standard InChI is InChI=1S/C17H21ClN4O4S/c1-11-16(12(2)20-19-11)27(24,25)22-8-6-21(7-9-22)17(23)14-10-13(18)4-5-15(14)26-3/h4-5,10H,6-9H2,1-3H3,(H,19,20). The van der Waals surface area contributed by atoms with Gasteiger partial charge in [0.15, 0.2) is 0 Å². The average Bonchev–Trinajstić information content (AvgIpc) is 3.00. The Morgan fingerprint density at radius 1 is 1.22 bits per heavy atom. The summed E-state index contributed by atoms with van der Waals surface area (Å²) in [5.41, 5.74) is 1.31. The van der Waals surface area contributed by atoms with Crippen molar-refractivity contribution in [3.8, 4) is 5.75 Å². The maximum atomic E-state index is 12.9. The van der Waals surface area contributed by atoms with E-state index in [2.05, 4.69) is 10.2 Å². The molecule has 0 unspecified atom stereocenters. The Hall–Kier alpha value is -2.10. The zero-order chi connectivity index (χ0) is 19.8. The summed E-state index contributed by atoms with van der Waals surface area (Å²) in [4.78, 5) is 14.6. The van der Waals surface area contributed by atoms with Crippen LogP contribution in [0, 0.1) is 13.8 Å². The van der Waals surface area contributed by atoms with Crippen LogP contribution < -0.4 is 4.74 Å². The Morgan fingerprint density at radius 3 is 2.44 bits per heavy atom. The van der Waals surface area contributed by atoms with E-state index in [4.69, 9.17) is 16.3 Å². The van der Waals surface area contributed by atoms with E-state index in [0.717, 1.165) is 0 Å². The van der Waals surface area contributed by atoms with Crippen LogP contribution in [0.15, 0.2) is 23.1 Å². The number of piperazine rings is 1. The number of rotatable bonds is 4. The number of ether oxygens (including phenoxy) is 1. The zero-order valence-corrected chi connectivity index (χ0v) is 16.9. The number of methoxy groups -OCH3 is 1. The number of aryl methyl sites for hydroxylation is 2.